The van der Waals surface area contributed by atoms with Crippen LogP contribution in [0.1, 0.15) is 24.1 Å². The lowest BCUT2D eigenvalue weighted by Gasteiger charge is -2.32. The van der Waals surface area contributed by atoms with E-state index in [1.807, 2.05) is 48.5 Å². The van der Waals surface area contributed by atoms with Gasteiger partial charge in [0.25, 0.3) is 10.1 Å². The second kappa shape index (κ2) is 10.1. The Morgan fingerprint density at radius 3 is 2.67 bits per heavy atom. The van der Waals surface area contributed by atoms with Crippen LogP contribution in [-0.2, 0) is 20.9 Å². The summed E-state index contributed by atoms with van der Waals surface area (Å²) in [5.74, 6) is 0. The lowest BCUT2D eigenvalue weighted by atomic mass is 10.0. The summed E-state index contributed by atoms with van der Waals surface area (Å²) in [5.41, 5.74) is 10.8. The molecule has 0 radical (unpaired) electrons. The number of para-hydroxylation sites is 2. The van der Waals surface area contributed by atoms with Crippen molar-refractivity contribution in [3.05, 3.63) is 72.2 Å². The molecular formula is C24H27N5O3S. The normalized spacial score (nSPS) is 16.0. The van der Waals surface area contributed by atoms with Crippen molar-refractivity contribution in [3.8, 4) is 0 Å². The maximum atomic E-state index is 11.2. The van der Waals surface area contributed by atoms with E-state index in [9.17, 15) is 8.42 Å². The van der Waals surface area contributed by atoms with Gasteiger partial charge in [0.1, 0.15) is 0 Å². The predicted octanol–water partition coefficient (Wildman–Crippen LogP) is 3.15. The number of aromatic nitrogens is 2. The molecule has 9 heteroatoms. The summed E-state index contributed by atoms with van der Waals surface area (Å²) in [6.45, 7) is 1.75. The molecule has 0 bridgehead atoms. The van der Waals surface area contributed by atoms with E-state index < -0.39 is 10.1 Å². The van der Waals surface area contributed by atoms with Gasteiger partial charge >= 0.3 is 0 Å². The molecule has 0 aliphatic carbocycles. The Morgan fingerprint density at radius 2 is 1.94 bits per heavy atom. The Labute approximate surface area is 194 Å². The van der Waals surface area contributed by atoms with Crippen LogP contribution in [0.3, 0.4) is 0 Å². The van der Waals surface area contributed by atoms with Crippen LogP contribution < -0.4 is 10.6 Å². The third-order valence-electron chi connectivity index (χ3n) is 5.53. The highest BCUT2D eigenvalue weighted by Gasteiger charge is 2.19. The largest absolute Gasteiger partial charge is 0.404 e. The van der Waals surface area contributed by atoms with Crippen molar-refractivity contribution in [3.63, 3.8) is 0 Å². The fourth-order valence-corrected chi connectivity index (χ4v) is 4.12. The Morgan fingerprint density at radius 1 is 1.18 bits per heavy atom. The number of fused-ring (bicyclic) bond motifs is 1. The average molecular weight is 466 g/mol. The topological polar surface area (TPSA) is 111 Å². The smallest absolute Gasteiger partial charge is 0.264 e. The van der Waals surface area contributed by atoms with Gasteiger partial charge in [-0.1, -0.05) is 24.3 Å². The van der Waals surface area contributed by atoms with Gasteiger partial charge in [-0.25, -0.2) is 4.98 Å². The van der Waals surface area contributed by atoms with Crippen LogP contribution in [0.25, 0.3) is 16.6 Å². The second-order valence-electron chi connectivity index (χ2n) is 8.00. The first kappa shape index (κ1) is 22.9. The summed E-state index contributed by atoms with van der Waals surface area (Å²) in [6, 6.07) is 15.7. The van der Waals surface area contributed by atoms with Crippen molar-refractivity contribution < 1.29 is 12.6 Å². The Kier molecular flexibility index (Phi) is 7.00. The van der Waals surface area contributed by atoms with Crippen LogP contribution in [0.5, 0.6) is 0 Å². The van der Waals surface area contributed by atoms with Crippen LogP contribution in [0.2, 0.25) is 0 Å². The number of piperidine rings is 1. The van der Waals surface area contributed by atoms with Crippen LogP contribution in [0.4, 0.5) is 5.69 Å². The van der Waals surface area contributed by atoms with Crippen molar-refractivity contribution in [1.82, 2.24) is 9.97 Å². The molecule has 2 N–H and O–H groups in total. The highest BCUT2D eigenvalue weighted by molar-refractivity contribution is 7.85. The van der Waals surface area contributed by atoms with E-state index in [4.69, 9.17) is 14.9 Å². The monoisotopic (exact) mass is 465 g/mol. The fourth-order valence-electron chi connectivity index (χ4n) is 3.77. The molecule has 0 saturated carbocycles. The van der Waals surface area contributed by atoms with Gasteiger partial charge in [0.2, 0.25) is 0 Å². The van der Waals surface area contributed by atoms with E-state index in [1.54, 1.807) is 12.4 Å². The summed E-state index contributed by atoms with van der Waals surface area (Å²) in [5, 5.41) is 0. The van der Waals surface area contributed by atoms with Crippen molar-refractivity contribution in [2.45, 2.75) is 25.5 Å². The Balaban J connectivity index is 1.36. The third-order valence-corrected chi connectivity index (χ3v) is 6.07. The van der Waals surface area contributed by atoms with E-state index in [-0.39, 0.29) is 12.6 Å². The molecule has 0 unspecified atom stereocenters. The van der Waals surface area contributed by atoms with Gasteiger partial charge in [-0.05, 0) is 42.7 Å². The van der Waals surface area contributed by atoms with Gasteiger partial charge in [-0.3, -0.25) is 14.2 Å². The SMILES string of the molecule is CS(=O)(=O)OCc1cccc(N2CCC(N=CC(=CN)c3cnc4ccccc4n3)CC2)c1. The molecule has 0 atom stereocenters. The average Bonchev–Trinajstić information content (AvgIpc) is 2.83. The Hall–Kier alpha value is -3.30. The standard InChI is InChI=1S/C24H27N5O3S/c1-33(30,31)32-17-18-5-4-6-21(13-18)29-11-9-20(10-12-29)26-15-19(14-25)24-16-27-22-7-2-3-8-23(22)28-24/h2-8,13-16,20H,9-12,17,25H2,1H3. The number of aliphatic imine (C=N–C) groups is 1. The quantitative estimate of drug-likeness (QED) is 0.421. The number of nitrogens with two attached hydrogens (primary N) is 1. The van der Waals surface area contributed by atoms with Crippen molar-refractivity contribution in [2.24, 2.45) is 10.7 Å². The molecule has 2 aromatic carbocycles. The van der Waals surface area contributed by atoms with Gasteiger partial charge < -0.3 is 10.6 Å². The summed E-state index contributed by atoms with van der Waals surface area (Å²) < 4.78 is 27.4. The molecule has 2 heterocycles. The molecule has 1 aromatic heterocycles. The van der Waals surface area contributed by atoms with Crippen LogP contribution >= 0.6 is 0 Å². The molecule has 1 saturated heterocycles. The summed E-state index contributed by atoms with van der Waals surface area (Å²) >= 11 is 0. The van der Waals surface area contributed by atoms with Crippen LogP contribution in [-0.4, -0.2) is 50.0 Å². The number of hydrogen-bond donors (Lipinski definition) is 1. The number of benzene rings is 2. The zero-order chi connectivity index (χ0) is 23.3. The molecule has 0 amide bonds. The van der Waals surface area contributed by atoms with Crippen LogP contribution in [0, 0.1) is 0 Å². The third kappa shape index (κ3) is 6.15. The first-order valence-corrected chi connectivity index (χ1v) is 12.6. The molecule has 3 aromatic rings. The highest BCUT2D eigenvalue weighted by atomic mass is 32.2. The van der Waals surface area contributed by atoms with Gasteiger partial charge in [0, 0.05) is 36.8 Å². The van der Waals surface area contributed by atoms with E-state index in [2.05, 4.69) is 14.9 Å². The number of allylic oxidation sites excluding steroid dienone is 1. The van der Waals surface area contributed by atoms with E-state index in [0.717, 1.165) is 60.0 Å². The maximum absolute atomic E-state index is 11.2. The molecule has 8 nitrogen and oxygen atoms in total. The molecule has 1 aliphatic heterocycles. The number of anilines is 1. The van der Waals surface area contributed by atoms with Crippen molar-refractivity contribution >= 4 is 38.6 Å². The molecule has 1 aliphatic rings. The number of hydrogen-bond acceptors (Lipinski definition) is 8. The van der Waals surface area contributed by atoms with Gasteiger partial charge in [0.05, 0.1) is 41.8 Å². The minimum atomic E-state index is -3.47. The minimum Gasteiger partial charge on any atom is -0.404 e. The zero-order valence-electron chi connectivity index (χ0n) is 18.5. The highest BCUT2D eigenvalue weighted by Crippen LogP contribution is 2.23. The summed E-state index contributed by atoms with van der Waals surface area (Å²) in [6.07, 6.45) is 7.89. The lowest BCUT2D eigenvalue weighted by molar-refractivity contribution is 0.311. The van der Waals surface area contributed by atoms with Crippen LogP contribution in [0.15, 0.2) is 65.9 Å². The molecule has 1 fully saturated rings. The van der Waals surface area contributed by atoms with Gasteiger partial charge in [0.15, 0.2) is 0 Å². The van der Waals surface area contributed by atoms with Crippen molar-refractivity contribution in [1.29, 1.82) is 0 Å². The first-order chi connectivity index (χ1) is 15.9. The molecular weight excluding hydrogens is 438 g/mol. The van der Waals surface area contributed by atoms with Gasteiger partial charge in [-0.2, -0.15) is 8.42 Å². The predicted molar refractivity (Wildman–Crippen MR) is 132 cm³/mol. The summed E-state index contributed by atoms with van der Waals surface area (Å²) in [7, 11) is -3.47. The summed E-state index contributed by atoms with van der Waals surface area (Å²) in [4.78, 5) is 16.1. The molecule has 4 rings (SSSR count). The van der Waals surface area contributed by atoms with E-state index in [1.165, 1.54) is 6.20 Å². The minimum absolute atomic E-state index is 0.0410. The number of nitrogens with zero attached hydrogens (tertiary/aromatic N) is 4. The van der Waals surface area contributed by atoms with Crippen molar-refractivity contribution in [2.75, 3.05) is 24.2 Å². The zero-order valence-corrected chi connectivity index (χ0v) is 19.3. The molecule has 33 heavy (non-hydrogen) atoms. The first-order valence-electron chi connectivity index (χ1n) is 10.8. The molecule has 172 valence electrons. The maximum Gasteiger partial charge on any atom is 0.264 e. The Bertz CT molecular complexity index is 1280. The lowest BCUT2D eigenvalue weighted by Crippen LogP contribution is -2.35. The van der Waals surface area contributed by atoms with E-state index in [0.29, 0.717) is 5.69 Å². The second-order valence-corrected chi connectivity index (χ2v) is 9.64. The number of rotatable bonds is 7. The van der Waals surface area contributed by atoms with E-state index >= 15 is 0 Å². The molecule has 0 spiro atoms. The van der Waals surface area contributed by atoms with Gasteiger partial charge in [-0.15, -0.1) is 0 Å². The fraction of sp³-hybridized carbons (Fsp3) is 0.292.